The molecule has 10 nitrogen and oxygen atoms in total. The van der Waals surface area contributed by atoms with Crippen LogP contribution in [-0.4, -0.2) is 87.1 Å². The Morgan fingerprint density at radius 2 is 1.85 bits per heavy atom. The average molecular weight is 496 g/mol. The standard InChI is InChI=1S/C22H34FN7O3S/c1-26-20(24)19(23)21(25)29-12-6-8-15(14-29)30-13-7-10-17(22(30)31)27-16-9-4-5-11-18(16)34(32,33)28(2)3/h4-5,9,11,15,17,27H,6-8,10,12-14,25H2,1-3H3,(H2,24,26)/t15-,17?/m1/s1. The minimum atomic E-state index is -3.68. The Kier molecular flexibility index (Phi) is 8.03. The molecule has 2 heterocycles. The van der Waals surface area contributed by atoms with Crippen molar-refractivity contribution in [2.45, 2.75) is 42.7 Å². The molecular weight excluding hydrogens is 461 g/mol. The number of hydrogen-bond donors (Lipinski definition) is 3. The maximum Gasteiger partial charge on any atom is 0.245 e. The molecule has 0 spiro atoms. The molecule has 1 amide bonds. The maximum absolute atomic E-state index is 14.4. The number of benzene rings is 1. The number of hydrogen-bond acceptors (Lipinski definition) is 7. The SMILES string of the molecule is CN=C(N)C(F)=C(N)N1CCC[C@@H](N2CCCC(Nc3ccccc3S(=O)(=O)N(C)C)C2=O)C1. The Morgan fingerprint density at radius 1 is 1.18 bits per heavy atom. The number of nitrogens with one attached hydrogen (secondary N) is 1. The molecule has 2 aliphatic rings. The lowest BCUT2D eigenvalue weighted by Gasteiger charge is -2.43. The zero-order valence-corrected chi connectivity index (χ0v) is 20.7. The van der Waals surface area contributed by atoms with E-state index in [9.17, 15) is 17.6 Å². The first kappa shape index (κ1) is 25.8. The largest absolute Gasteiger partial charge is 0.383 e. The van der Waals surface area contributed by atoms with Crippen molar-refractivity contribution in [3.63, 3.8) is 0 Å². The van der Waals surface area contributed by atoms with Crippen molar-refractivity contribution in [2.24, 2.45) is 16.5 Å². The normalized spacial score (nSPS) is 23.2. The van der Waals surface area contributed by atoms with Crippen LogP contribution in [0.25, 0.3) is 0 Å². The van der Waals surface area contributed by atoms with Crippen LogP contribution in [-0.2, 0) is 14.8 Å². The lowest BCUT2D eigenvalue weighted by atomic mass is 9.97. The summed E-state index contributed by atoms with van der Waals surface area (Å²) in [6, 6.07) is 5.87. The fourth-order valence-corrected chi connectivity index (χ4v) is 5.44. The van der Waals surface area contributed by atoms with E-state index in [1.165, 1.54) is 27.2 Å². The van der Waals surface area contributed by atoms with Crippen LogP contribution in [0.1, 0.15) is 25.7 Å². The summed E-state index contributed by atoms with van der Waals surface area (Å²) in [5, 5.41) is 3.17. The number of carbonyl (C=O) groups excluding carboxylic acids is 1. The molecule has 3 rings (SSSR count). The summed E-state index contributed by atoms with van der Waals surface area (Å²) in [5.41, 5.74) is 12.0. The lowest BCUT2D eigenvalue weighted by Crippen LogP contribution is -2.56. The highest BCUT2D eigenvalue weighted by Crippen LogP contribution is 2.28. The second-order valence-electron chi connectivity index (χ2n) is 8.70. The Balaban J connectivity index is 1.78. The molecule has 2 atom stereocenters. The van der Waals surface area contributed by atoms with E-state index in [0.717, 1.165) is 23.6 Å². The predicted octanol–water partition coefficient (Wildman–Crippen LogP) is 0.889. The van der Waals surface area contributed by atoms with Crippen LogP contribution in [0.5, 0.6) is 0 Å². The molecular formula is C22H34FN7O3S. The van der Waals surface area contributed by atoms with Gasteiger partial charge in [-0.2, -0.15) is 4.39 Å². The number of carbonyl (C=O) groups is 1. The molecule has 0 radical (unpaired) electrons. The van der Waals surface area contributed by atoms with Gasteiger partial charge in [-0.1, -0.05) is 12.1 Å². The van der Waals surface area contributed by atoms with Crippen LogP contribution in [0, 0.1) is 0 Å². The van der Waals surface area contributed by atoms with Crippen LogP contribution >= 0.6 is 0 Å². The van der Waals surface area contributed by atoms with Gasteiger partial charge in [0.05, 0.1) is 5.69 Å². The van der Waals surface area contributed by atoms with E-state index in [0.29, 0.717) is 31.7 Å². The maximum atomic E-state index is 14.4. The Labute approximate surface area is 200 Å². The van der Waals surface area contributed by atoms with Crippen LogP contribution in [0.15, 0.2) is 45.8 Å². The van der Waals surface area contributed by atoms with Gasteiger partial charge >= 0.3 is 0 Å². The molecule has 0 aliphatic carbocycles. The van der Waals surface area contributed by atoms with Gasteiger partial charge in [0.15, 0.2) is 5.84 Å². The number of amides is 1. The molecule has 1 unspecified atom stereocenters. The summed E-state index contributed by atoms with van der Waals surface area (Å²) in [4.78, 5) is 20.7. The van der Waals surface area contributed by atoms with Crippen LogP contribution < -0.4 is 16.8 Å². The number of likely N-dealkylation sites (tertiary alicyclic amines) is 2. The fourth-order valence-electron chi connectivity index (χ4n) is 4.39. The number of anilines is 1. The van der Waals surface area contributed by atoms with Gasteiger partial charge in [-0.15, -0.1) is 0 Å². The molecule has 2 saturated heterocycles. The molecule has 2 fully saturated rings. The summed E-state index contributed by atoms with van der Waals surface area (Å²) in [7, 11) is 0.652. The van der Waals surface area contributed by atoms with Gasteiger partial charge in [-0.25, -0.2) is 12.7 Å². The lowest BCUT2D eigenvalue weighted by molar-refractivity contribution is -0.137. The molecule has 0 saturated carbocycles. The summed E-state index contributed by atoms with van der Waals surface area (Å²) < 4.78 is 41.0. The van der Waals surface area contributed by atoms with Crippen molar-refractivity contribution < 1.29 is 17.6 Å². The Bertz CT molecular complexity index is 1070. The van der Waals surface area contributed by atoms with Gasteiger partial charge in [0.1, 0.15) is 16.8 Å². The smallest absolute Gasteiger partial charge is 0.245 e. The van der Waals surface area contributed by atoms with Gasteiger partial charge in [0.25, 0.3) is 0 Å². The summed E-state index contributed by atoms with van der Waals surface area (Å²) in [6.07, 6.45) is 2.86. The highest BCUT2D eigenvalue weighted by atomic mass is 32.2. The number of halogens is 1. The van der Waals surface area contributed by atoms with Crippen molar-refractivity contribution in [1.29, 1.82) is 0 Å². The summed E-state index contributed by atoms with van der Waals surface area (Å²) >= 11 is 0. The van der Waals surface area contributed by atoms with E-state index in [-0.39, 0.29) is 28.5 Å². The van der Waals surface area contributed by atoms with E-state index in [4.69, 9.17) is 11.5 Å². The second kappa shape index (κ2) is 10.6. The van der Waals surface area contributed by atoms with E-state index in [1.807, 2.05) is 0 Å². The van der Waals surface area contributed by atoms with Crippen LogP contribution in [0.4, 0.5) is 10.1 Å². The predicted molar refractivity (Wildman–Crippen MR) is 130 cm³/mol. The van der Waals surface area contributed by atoms with E-state index in [1.54, 1.807) is 28.0 Å². The highest BCUT2D eigenvalue weighted by Gasteiger charge is 2.36. The fraction of sp³-hybridized carbons (Fsp3) is 0.545. The quantitative estimate of drug-likeness (QED) is 0.377. The van der Waals surface area contributed by atoms with Gasteiger partial charge < -0.3 is 26.6 Å². The van der Waals surface area contributed by atoms with E-state index in [2.05, 4.69) is 10.3 Å². The topological polar surface area (TPSA) is 137 Å². The monoisotopic (exact) mass is 495 g/mol. The second-order valence-corrected chi connectivity index (χ2v) is 10.8. The minimum Gasteiger partial charge on any atom is -0.383 e. The first-order chi connectivity index (χ1) is 16.1. The third-order valence-electron chi connectivity index (χ3n) is 6.32. The summed E-state index contributed by atoms with van der Waals surface area (Å²) in [5.74, 6) is -1.20. The third kappa shape index (κ3) is 5.27. The van der Waals surface area contributed by atoms with Crippen molar-refractivity contribution in [2.75, 3.05) is 46.1 Å². The molecule has 1 aromatic carbocycles. The van der Waals surface area contributed by atoms with Gasteiger partial charge in [-0.05, 0) is 37.8 Å². The number of nitrogens with two attached hydrogens (primary N) is 2. The molecule has 5 N–H and O–H groups in total. The molecule has 2 aliphatic heterocycles. The van der Waals surface area contributed by atoms with Gasteiger partial charge in [0, 0.05) is 46.8 Å². The molecule has 34 heavy (non-hydrogen) atoms. The van der Waals surface area contributed by atoms with E-state index >= 15 is 0 Å². The average Bonchev–Trinajstić information content (AvgIpc) is 2.84. The van der Waals surface area contributed by atoms with Crippen molar-refractivity contribution in [1.82, 2.24) is 14.1 Å². The highest BCUT2D eigenvalue weighted by molar-refractivity contribution is 7.89. The van der Waals surface area contributed by atoms with E-state index < -0.39 is 21.9 Å². The number of para-hydroxylation sites is 1. The molecule has 1 aromatic rings. The first-order valence-electron chi connectivity index (χ1n) is 11.3. The zero-order valence-electron chi connectivity index (χ0n) is 19.9. The minimum absolute atomic E-state index is 0.0743. The number of sulfonamides is 1. The van der Waals surface area contributed by atoms with Gasteiger partial charge in [0.2, 0.25) is 21.8 Å². The number of rotatable bonds is 7. The van der Waals surface area contributed by atoms with Crippen LogP contribution in [0.3, 0.4) is 0 Å². The van der Waals surface area contributed by atoms with Crippen molar-refractivity contribution >= 4 is 27.5 Å². The Hall–Kier alpha value is -2.86. The molecule has 0 bridgehead atoms. The number of nitrogens with zero attached hydrogens (tertiary/aromatic N) is 4. The zero-order chi connectivity index (χ0) is 25.0. The molecule has 0 aromatic heterocycles. The Morgan fingerprint density at radius 3 is 2.53 bits per heavy atom. The number of piperidine rings is 2. The third-order valence-corrected chi connectivity index (χ3v) is 8.19. The van der Waals surface area contributed by atoms with Crippen molar-refractivity contribution in [3.8, 4) is 0 Å². The van der Waals surface area contributed by atoms with Crippen molar-refractivity contribution in [3.05, 3.63) is 35.9 Å². The van der Waals surface area contributed by atoms with Gasteiger partial charge in [-0.3, -0.25) is 9.79 Å². The molecule has 12 heteroatoms. The molecule has 188 valence electrons. The number of amidine groups is 1. The number of aliphatic imine (C=N–C) groups is 1. The summed E-state index contributed by atoms with van der Waals surface area (Å²) in [6.45, 7) is 1.53. The first-order valence-corrected chi connectivity index (χ1v) is 12.7. The van der Waals surface area contributed by atoms with Crippen LogP contribution in [0.2, 0.25) is 0 Å².